The first kappa shape index (κ1) is 15.5. The van der Waals surface area contributed by atoms with Crippen LogP contribution in [0.5, 0.6) is 0 Å². The molecule has 0 radical (unpaired) electrons. The third kappa shape index (κ3) is 3.34. The molecule has 3 aromatic heterocycles. The predicted octanol–water partition coefficient (Wildman–Crippen LogP) is 2.62. The summed E-state index contributed by atoms with van der Waals surface area (Å²) < 4.78 is 3.99. The number of piperidine rings is 1. The minimum absolute atomic E-state index is 0.483. The quantitative estimate of drug-likeness (QED) is 0.777. The number of hydrogen-bond donors (Lipinski definition) is 2. The Morgan fingerprint density at radius 2 is 1.87 bits per heavy atom. The van der Waals surface area contributed by atoms with Gasteiger partial charge in [-0.3, -0.25) is 4.68 Å². The van der Waals surface area contributed by atoms with Crippen LogP contribution in [0.25, 0.3) is 5.65 Å². The van der Waals surface area contributed by atoms with Crippen LogP contribution in [0.1, 0.15) is 32.7 Å². The van der Waals surface area contributed by atoms with Gasteiger partial charge in [0.25, 0.3) is 0 Å². The molecule has 23 heavy (non-hydrogen) atoms. The second-order valence-corrected chi connectivity index (χ2v) is 5.25. The van der Waals surface area contributed by atoms with E-state index in [-0.39, 0.29) is 0 Å². The van der Waals surface area contributed by atoms with E-state index in [4.69, 9.17) is 0 Å². The van der Waals surface area contributed by atoms with Crippen LogP contribution in [0.3, 0.4) is 0 Å². The predicted molar refractivity (Wildman–Crippen MR) is 91.0 cm³/mol. The number of nitrogens with zero attached hydrogens (tertiary/aromatic N) is 5. The summed E-state index contributed by atoms with van der Waals surface area (Å²) in [7, 11) is 0. The van der Waals surface area contributed by atoms with Gasteiger partial charge in [0, 0.05) is 31.0 Å². The molecule has 0 amide bonds. The summed E-state index contributed by atoms with van der Waals surface area (Å²) in [6.45, 7) is 6.12. The maximum atomic E-state index is 4.48. The molecule has 1 aliphatic rings. The van der Waals surface area contributed by atoms with E-state index in [1.165, 1.54) is 0 Å². The SMILES string of the molecule is CC.c1cn2ccnc2c(Nc2cnn(C3CCNCC3)c2)n1. The maximum Gasteiger partial charge on any atom is 0.180 e. The third-order valence-electron chi connectivity index (χ3n) is 3.86. The Morgan fingerprint density at radius 3 is 2.65 bits per heavy atom. The van der Waals surface area contributed by atoms with Gasteiger partial charge in [-0.1, -0.05) is 13.8 Å². The molecule has 1 fully saturated rings. The van der Waals surface area contributed by atoms with Gasteiger partial charge < -0.3 is 15.0 Å². The van der Waals surface area contributed by atoms with Gasteiger partial charge in [0.15, 0.2) is 11.5 Å². The van der Waals surface area contributed by atoms with Gasteiger partial charge in [0.2, 0.25) is 0 Å². The molecule has 1 aliphatic heterocycles. The smallest absolute Gasteiger partial charge is 0.180 e. The van der Waals surface area contributed by atoms with E-state index < -0.39 is 0 Å². The highest BCUT2D eigenvalue weighted by atomic mass is 15.3. The van der Waals surface area contributed by atoms with Gasteiger partial charge in [-0.15, -0.1) is 0 Å². The fraction of sp³-hybridized carbons (Fsp3) is 0.438. The fourth-order valence-corrected chi connectivity index (χ4v) is 2.75. The van der Waals surface area contributed by atoms with E-state index in [0.29, 0.717) is 6.04 Å². The molecular weight excluding hydrogens is 290 g/mol. The highest BCUT2D eigenvalue weighted by Crippen LogP contribution is 2.22. The number of rotatable bonds is 3. The Bertz CT molecular complexity index is 740. The summed E-state index contributed by atoms with van der Waals surface area (Å²) in [6, 6.07) is 0.483. The highest BCUT2D eigenvalue weighted by molar-refractivity contribution is 5.68. The van der Waals surface area contributed by atoms with Gasteiger partial charge in [-0.25, -0.2) is 9.97 Å². The van der Waals surface area contributed by atoms with Crippen LogP contribution >= 0.6 is 0 Å². The molecule has 4 rings (SSSR count). The molecule has 0 unspecified atom stereocenters. The molecule has 3 aromatic rings. The molecule has 0 aliphatic carbocycles. The topological polar surface area (TPSA) is 72.1 Å². The standard InChI is InChI=1S/C14H17N7.C2H6/c1-3-15-4-2-12(1)21-10-11(9-18-21)19-13-14-17-6-8-20(14)7-5-16-13;1-2/h5-10,12,15H,1-4H2,(H,16,19);1-2H3. The van der Waals surface area contributed by atoms with Crippen LogP contribution in [0.2, 0.25) is 0 Å². The molecular formula is C16H23N7. The Morgan fingerprint density at radius 1 is 1.13 bits per heavy atom. The Labute approximate surface area is 135 Å². The first-order valence-corrected chi connectivity index (χ1v) is 8.20. The van der Waals surface area contributed by atoms with Gasteiger partial charge in [-0.2, -0.15) is 5.10 Å². The van der Waals surface area contributed by atoms with Crippen molar-refractivity contribution >= 4 is 17.2 Å². The van der Waals surface area contributed by atoms with E-state index in [2.05, 4.69) is 30.4 Å². The summed E-state index contributed by atoms with van der Waals surface area (Å²) in [5.41, 5.74) is 1.75. The lowest BCUT2D eigenvalue weighted by molar-refractivity contribution is 0.343. The van der Waals surface area contributed by atoms with Crippen LogP contribution in [0, 0.1) is 0 Å². The summed E-state index contributed by atoms with van der Waals surface area (Å²) >= 11 is 0. The van der Waals surface area contributed by atoms with Crippen LogP contribution in [-0.2, 0) is 0 Å². The molecule has 0 saturated carbocycles. The van der Waals surface area contributed by atoms with Crippen molar-refractivity contribution in [1.82, 2.24) is 29.5 Å². The van der Waals surface area contributed by atoms with Crippen LogP contribution < -0.4 is 10.6 Å². The molecule has 2 N–H and O–H groups in total. The van der Waals surface area contributed by atoms with Crippen LogP contribution in [0.15, 0.2) is 37.2 Å². The monoisotopic (exact) mass is 313 g/mol. The van der Waals surface area contributed by atoms with Crippen molar-refractivity contribution < 1.29 is 0 Å². The van der Waals surface area contributed by atoms with Crippen molar-refractivity contribution in [3.8, 4) is 0 Å². The summed E-state index contributed by atoms with van der Waals surface area (Å²) in [4.78, 5) is 8.67. The lowest BCUT2D eigenvalue weighted by atomic mass is 10.1. The van der Waals surface area contributed by atoms with Crippen molar-refractivity contribution in [1.29, 1.82) is 0 Å². The Kier molecular flexibility index (Phi) is 4.87. The Hall–Kier alpha value is -2.41. The molecule has 0 bridgehead atoms. The van der Waals surface area contributed by atoms with Crippen molar-refractivity contribution in [2.45, 2.75) is 32.7 Å². The first-order valence-electron chi connectivity index (χ1n) is 8.20. The van der Waals surface area contributed by atoms with Crippen LogP contribution in [-0.4, -0.2) is 37.2 Å². The molecule has 0 atom stereocenters. The zero-order valence-electron chi connectivity index (χ0n) is 13.6. The zero-order valence-corrected chi connectivity index (χ0v) is 13.6. The summed E-state index contributed by atoms with van der Waals surface area (Å²) in [6.07, 6.45) is 13.4. The molecule has 7 heteroatoms. The molecule has 7 nitrogen and oxygen atoms in total. The number of aromatic nitrogens is 5. The van der Waals surface area contributed by atoms with Crippen molar-refractivity contribution in [3.63, 3.8) is 0 Å². The van der Waals surface area contributed by atoms with Crippen molar-refractivity contribution in [3.05, 3.63) is 37.2 Å². The number of nitrogens with one attached hydrogen (secondary N) is 2. The van der Waals surface area contributed by atoms with E-state index in [9.17, 15) is 0 Å². The third-order valence-corrected chi connectivity index (χ3v) is 3.86. The number of anilines is 2. The van der Waals surface area contributed by atoms with E-state index in [0.717, 1.165) is 43.1 Å². The van der Waals surface area contributed by atoms with Gasteiger partial charge >= 0.3 is 0 Å². The van der Waals surface area contributed by atoms with Gasteiger partial charge in [0.05, 0.1) is 17.9 Å². The normalized spacial score (nSPS) is 15.2. The summed E-state index contributed by atoms with van der Waals surface area (Å²) in [5.74, 6) is 0.743. The summed E-state index contributed by atoms with van der Waals surface area (Å²) in [5, 5.41) is 11.1. The Balaban J connectivity index is 0.000000753. The van der Waals surface area contributed by atoms with E-state index >= 15 is 0 Å². The first-order chi connectivity index (χ1) is 11.4. The number of fused-ring (bicyclic) bond motifs is 1. The molecule has 122 valence electrons. The molecule has 4 heterocycles. The number of hydrogen-bond acceptors (Lipinski definition) is 5. The van der Waals surface area contributed by atoms with Crippen molar-refractivity contribution in [2.24, 2.45) is 0 Å². The lowest BCUT2D eigenvalue weighted by Crippen LogP contribution is -2.29. The molecule has 1 saturated heterocycles. The van der Waals surface area contributed by atoms with Crippen molar-refractivity contribution in [2.75, 3.05) is 18.4 Å². The maximum absolute atomic E-state index is 4.48. The second-order valence-electron chi connectivity index (χ2n) is 5.25. The lowest BCUT2D eigenvalue weighted by Gasteiger charge is -2.22. The zero-order chi connectivity index (χ0) is 16.1. The fourth-order valence-electron chi connectivity index (χ4n) is 2.75. The van der Waals surface area contributed by atoms with E-state index in [1.807, 2.05) is 43.0 Å². The average Bonchev–Trinajstić information content (AvgIpc) is 3.27. The largest absolute Gasteiger partial charge is 0.335 e. The second kappa shape index (κ2) is 7.23. The minimum Gasteiger partial charge on any atom is -0.335 e. The van der Waals surface area contributed by atoms with Crippen LogP contribution in [0.4, 0.5) is 11.5 Å². The van der Waals surface area contributed by atoms with Gasteiger partial charge in [-0.05, 0) is 25.9 Å². The number of imidazole rings is 1. The molecule has 0 aromatic carbocycles. The highest BCUT2D eigenvalue weighted by Gasteiger charge is 2.16. The van der Waals surface area contributed by atoms with E-state index in [1.54, 1.807) is 12.4 Å². The average molecular weight is 313 g/mol. The molecule has 0 spiro atoms. The minimum atomic E-state index is 0.483. The van der Waals surface area contributed by atoms with Gasteiger partial charge in [0.1, 0.15) is 0 Å².